The number of morpholine rings is 1. The average molecular weight is 319 g/mol. The van der Waals surface area contributed by atoms with E-state index < -0.39 is 21.7 Å². The van der Waals surface area contributed by atoms with Gasteiger partial charge in [-0.25, -0.2) is 8.42 Å². The molecule has 1 aromatic heterocycles. The Balaban J connectivity index is 2.28. The van der Waals surface area contributed by atoms with Crippen LogP contribution in [0, 0.1) is 0 Å². The molecule has 0 bridgehead atoms. The topological polar surface area (TPSA) is 66.8 Å². The second kappa shape index (κ2) is 5.73. The molecule has 1 fully saturated rings. The van der Waals surface area contributed by atoms with Gasteiger partial charge in [0.05, 0.1) is 18.3 Å². The van der Waals surface area contributed by atoms with Crippen LogP contribution in [0.5, 0.6) is 0 Å². The van der Waals surface area contributed by atoms with Gasteiger partial charge >= 0.3 is 0 Å². The van der Waals surface area contributed by atoms with Crippen LogP contribution in [0.15, 0.2) is 16.3 Å². The molecule has 0 aromatic carbocycles. The molecule has 7 heteroatoms. The van der Waals surface area contributed by atoms with Gasteiger partial charge in [-0.15, -0.1) is 11.3 Å². The van der Waals surface area contributed by atoms with E-state index in [1.54, 1.807) is 6.07 Å². The van der Waals surface area contributed by atoms with Gasteiger partial charge in [0, 0.05) is 18.0 Å². The van der Waals surface area contributed by atoms with Crippen LogP contribution in [0.25, 0.3) is 0 Å². The molecule has 5 nitrogen and oxygen atoms in total. The minimum Gasteiger partial charge on any atom is -0.394 e. The first-order valence-corrected chi connectivity index (χ1v) is 8.91. The summed E-state index contributed by atoms with van der Waals surface area (Å²) in [6, 6.07) is 3.52. The molecule has 1 unspecified atom stereocenters. The summed E-state index contributed by atoms with van der Waals surface area (Å²) < 4.78 is 32.8. The van der Waals surface area contributed by atoms with Crippen LogP contribution in [0.3, 0.4) is 0 Å². The van der Waals surface area contributed by atoms with Gasteiger partial charge in [-0.05, 0) is 32.4 Å². The maximum absolute atomic E-state index is 12.7. The van der Waals surface area contributed by atoms with E-state index >= 15 is 0 Å². The molecule has 1 N–H and O–H groups in total. The Kier molecular flexibility index (Phi) is 4.56. The largest absolute Gasteiger partial charge is 0.394 e. The summed E-state index contributed by atoms with van der Waals surface area (Å²) in [6.45, 7) is 5.99. The summed E-state index contributed by atoms with van der Waals surface area (Å²) in [7, 11) is -3.50. The molecule has 0 saturated carbocycles. The molecule has 0 spiro atoms. The Morgan fingerprint density at radius 2 is 2.20 bits per heavy atom. The van der Waals surface area contributed by atoms with Gasteiger partial charge in [-0.1, -0.05) is 6.92 Å². The summed E-state index contributed by atoms with van der Waals surface area (Å²) >= 11 is 1.31. The normalized spacial score (nSPS) is 23.9. The molecule has 0 radical (unpaired) electrons. The monoisotopic (exact) mass is 319 g/mol. The summed E-state index contributed by atoms with van der Waals surface area (Å²) in [5.41, 5.74) is -0.594. The lowest BCUT2D eigenvalue weighted by atomic mass is 10.1. The highest BCUT2D eigenvalue weighted by Gasteiger charge is 2.39. The van der Waals surface area contributed by atoms with Gasteiger partial charge < -0.3 is 9.84 Å². The van der Waals surface area contributed by atoms with Crippen molar-refractivity contribution in [3.8, 4) is 0 Å². The third-order valence-corrected chi connectivity index (χ3v) is 6.74. The van der Waals surface area contributed by atoms with E-state index in [1.165, 1.54) is 15.6 Å². The van der Waals surface area contributed by atoms with E-state index in [4.69, 9.17) is 4.74 Å². The molecule has 114 valence electrons. The first-order valence-electron chi connectivity index (χ1n) is 6.66. The first-order chi connectivity index (χ1) is 9.28. The van der Waals surface area contributed by atoms with Gasteiger partial charge in [0.1, 0.15) is 4.21 Å². The van der Waals surface area contributed by atoms with Crippen LogP contribution in [-0.2, 0) is 21.2 Å². The minimum absolute atomic E-state index is 0.180. The average Bonchev–Trinajstić information content (AvgIpc) is 2.86. The second-order valence-electron chi connectivity index (χ2n) is 5.55. The second-order valence-corrected chi connectivity index (χ2v) is 8.89. The molecule has 0 aliphatic carbocycles. The highest BCUT2D eigenvalue weighted by Crippen LogP contribution is 2.30. The zero-order valence-electron chi connectivity index (χ0n) is 12.0. The van der Waals surface area contributed by atoms with Crippen LogP contribution >= 0.6 is 11.3 Å². The maximum atomic E-state index is 12.7. The quantitative estimate of drug-likeness (QED) is 0.912. The lowest BCUT2D eigenvalue weighted by Crippen LogP contribution is -2.55. The predicted molar refractivity (Wildman–Crippen MR) is 78.5 cm³/mol. The number of rotatable bonds is 4. The number of hydrogen-bond acceptors (Lipinski definition) is 5. The molecule has 1 aromatic rings. The number of aryl methyl sites for hydroxylation is 1. The maximum Gasteiger partial charge on any atom is 0.252 e. The Labute approximate surface area is 124 Å². The molecule has 0 amide bonds. The fourth-order valence-corrected chi connectivity index (χ4v) is 5.41. The number of sulfonamides is 1. The highest BCUT2D eigenvalue weighted by molar-refractivity contribution is 7.91. The third-order valence-electron chi connectivity index (χ3n) is 3.23. The molecule has 20 heavy (non-hydrogen) atoms. The van der Waals surface area contributed by atoms with Crippen molar-refractivity contribution in [2.24, 2.45) is 0 Å². The Hall–Kier alpha value is -0.470. The van der Waals surface area contributed by atoms with Gasteiger partial charge in [-0.2, -0.15) is 4.31 Å². The van der Waals surface area contributed by atoms with E-state index in [1.807, 2.05) is 26.8 Å². The van der Waals surface area contributed by atoms with Crippen molar-refractivity contribution in [2.45, 2.75) is 43.1 Å². The fraction of sp³-hybridized carbons (Fsp3) is 0.692. The number of hydrogen-bond donors (Lipinski definition) is 1. The fourth-order valence-electron chi connectivity index (χ4n) is 2.33. The number of thiophene rings is 1. The van der Waals surface area contributed by atoms with Crippen molar-refractivity contribution in [1.29, 1.82) is 0 Å². The molecule has 2 heterocycles. The molecule has 1 atom stereocenters. The van der Waals surface area contributed by atoms with Crippen molar-refractivity contribution >= 4 is 21.4 Å². The van der Waals surface area contributed by atoms with Crippen LogP contribution in [0.2, 0.25) is 0 Å². The standard InChI is InChI=1S/C13H21NO4S2/c1-4-11-5-6-12(19-11)20(16,17)14-7-10(8-15)18-13(2,3)9-14/h5-6,10,15H,4,7-9H2,1-3H3. The van der Waals surface area contributed by atoms with Crippen LogP contribution in [0.4, 0.5) is 0 Å². The van der Waals surface area contributed by atoms with Gasteiger partial charge in [0.2, 0.25) is 0 Å². The molecule has 2 rings (SSSR count). The number of aliphatic hydroxyl groups is 1. The Morgan fingerprint density at radius 1 is 1.50 bits per heavy atom. The highest BCUT2D eigenvalue weighted by atomic mass is 32.2. The number of aliphatic hydroxyl groups excluding tert-OH is 1. The lowest BCUT2D eigenvalue weighted by molar-refractivity contribution is -0.131. The van der Waals surface area contributed by atoms with Gasteiger partial charge in [0.15, 0.2) is 0 Å². The van der Waals surface area contributed by atoms with E-state index in [0.29, 0.717) is 10.8 Å². The summed E-state index contributed by atoms with van der Waals surface area (Å²) in [5.74, 6) is 0. The smallest absolute Gasteiger partial charge is 0.252 e. The van der Waals surface area contributed by atoms with E-state index in [9.17, 15) is 13.5 Å². The van der Waals surface area contributed by atoms with Gasteiger partial charge in [-0.3, -0.25) is 0 Å². The molecule has 1 aliphatic heterocycles. The van der Waals surface area contributed by atoms with Crippen LogP contribution < -0.4 is 0 Å². The third kappa shape index (κ3) is 3.23. The van der Waals surface area contributed by atoms with Crippen LogP contribution in [0.1, 0.15) is 25.6 Å². The molecular formula is C13H21NO4S2. The Bertz CT molecular complexity index is 565. The zero-order valence-corrected chi connectivity index (χ0v) is 13.6. The number of ether oxygens (including phenoxy) is 1. The summed E-state index contributed by atoms with van der Waals surface area (Å²) in [4.78, 5) is 1.05. The first kappa shape index (κ1) is 15.9. The zero-order chi connectivity index (χ0) is 15.0. The summed E-state index contributed by atoms with van der Waals surface area (Å²) in [5, 5.41) is 9.28. The molecule has 1 aliphatic rings. The van der Waals surface area contributed by atoms with Crippen molar-refractivity contribution in [3.05, 3.63) is 17.0 Å². The summed E-state index contributed by atoms with van der Waals surface area (Å²) in [6.07, 6.45) is 0.354. The van der Waals surface area contributed by atoms with Gasteiger partial charge in [0.25, 0.3) is 10.0 Å². The van der Waals surface area contributed by atoms with E-state index in [2.05, 4.69) is 0 Å². The van der Waals surface area contributed by atoms with Crippen molar-refractivity contribution < 1.29 is 18.3 Å². The minimum atomic E-state index is -3.50. The predicted octanol–water partition coefficient (Wildman–Crippen LogP) is 1.47. The number of nitrogens with zero attached hydrogens (tertiary/aromatic N) is 1. The van der Waals surface area contributed by atoms with E-state index in [0.717, 1.165) is 11.3 Å². The SMILES string of the molecule is CCc1ccc(S(=O)(=O)N2CC(CO)OC(C)(C)C2)s1. The van der Waals surface area contributed by atoms with Crippen molar-refractivity contribution in [1.82, 2.24) is 4.31 Å². The lowest BCUT2D eigenvalue weighted by Gasteiger charge is -2.41. The van der Waals surface area contributed by atoms with Crippen LogP contribution in [-0.4, -0.2) is 49.2 Å². The molecule has 1 saturated heterocycles. The Morgan fingerprint density at radius 3 is 2.75 bits per heavy atom. The molecular weight excluding hydrogens is 298 g/mol. The van der Waals surface area contributed by atoms with E-state index in [-0.39, 0.29) is 13.2 Å². The van der Waals surface area contributed by atoms with Crippen molar-refractivity contribution in [2.75, 3.05) is 19.7 Å². The van der Waals surface area contributed by atoms with Crippen molar-refractivity contribution in [3.63, 3.8) is 0 Å².